The van der Waals surface area contributed by atoms with Gasteiger partial charge in [-0.15, -0.1) is 0 Å². The Morgan fingerprint density at radius 1 is 0.652 bits per heavy atom. The standard InChI is InChI=1S/C20H36O3/c21-19-17-15-13-11-9-7-5-3-1-2-4-6-8-10-12-14-16-18-20(22)23/h12,14,16,18,21H,1-11,13,15,17,19H2,(H,22,23)/b14-12+,18-16+. The first-order valence-electron chi connectivity index (χ1n) is 9.44. The molecule has 23 heavy (non-hydrogen) atoms. The second-order valence-electron chi connectivity index (χ2n) is 6.23. The molecule has 3 nitrogen and oxygen atoms in total. The van der Waals surface area contributed by atoms with Crippen LogP contribution in [0.5, 0.6) is 0 Å². The van der Waals surface area contributed by atoms with Crippen molar-refractivity contribution < 1.29 is 15.0 Å². The first-order chi connectivity index (χ1) is 11.3. The number of carboxylic acid groups (broad SMARTS) is 1. The molecule has 0 atom stereocenters. The van der Waals surface area contributed by atoms with Crippen LogP contribution in [0.2, 0.25) is 0 Å². The van der Waals surface area contributed by atoms with Gasteiger partial charge in [-0.3, -0.25) is 0 Å². The van der Waals surface area contributed by atoms with Crippen molar-refractivity contribution in [2.75, 3.05) is 6.61 Å². The highest BCUT2D eigenvalue weighted by molar-refractivity contribution is 5.80. The van der Waals surface area contributed by atoms with Gasteiger partial charge in [0.2, 0.25) is 0 Å². The summed E-state index contributed by atoms with van der Waals surface area (Å²) in [5.74, 6) is -0.892. The van der Waals surface area contributed by atoms with E-state index in [4.69, 9.17) is 10.2 Å². The summed E-state index contributed by atoms with van der Waals surface area (Å²) < 4.78 is 0. The van der Waals surface area contributed by atoms with Crippen molar-refractivity contribution in [1.29, 1.82) is 0 Å². The zero-order valence-corrected chi connectivity index (χ0v) is 14.7. The van der Waals surface area contributed by atoms with E-state index in [1.54, 1.807) is 6.08 Å². The van der Waals surface area contributed by atoms with Crippen LogP contribution in [-0.4, -0.2) is 22.8 Å². The molecule has 2 N–H and O–H groups in total. The summed E-state index contributed by atoms with van der Waals surface area (Å²) in [4.78, 5) is 10.2. The highest BCUT2D eigenvalue weighted by Crippen LogP contribution is 2.13. The molecule has 0 fully saturated rings. The first kappa shape index (κ1) is 21.9. The maximum Gasteiger partial charge on any atom is 0.328 e. The van der Waals surface area contributed by atoms with Crippen LogP contribution in [0.3, 0.4) is 0 Å². The molecule has 0 aliphatic rings. The topological polar surface area (TPSA) is 57.5 Å². The minimum atomic E-state index is -0.892. The van der Waals surface area contributed by atoms with Gasteiger partial charge in [-0.25, -0.2) is 4.79 Å². The minimum absolute atomic E-state index is 0.345. The van der Waals surface area contributed by atoms with E-state index in [1.165, 1.54) is 77.0 Å². The second kappa shape index (κ2) is 19.0. The Balaban J connectivity index is 3.09. The molecule has 0 heterocycles. The molecule has 0 aromatic heterocycles. The fourth-order valence-corrected chi connectivity index (χ4v) is 2.63. The molecule has 0 amide bonds. The maximum absolute atomic E-state index is 10.2. The number of carbonyl (C=O) groups is 1. The van der Waals surface area contributed by atoms with E-state index in [1.807, 2.05) is 12.2 Å². The van der Waals surface area contributed by atoms with Crippen molar-refractivity contribution >= 4 is 5.97 Å². The summed E-state index contributed by atoms with van der Waals surface area (Å²) in [6, 6.07) is 0. The van der Waals surface area contributed by atoms with Crippen LogP contribution in [0.1, 0.15) is 89.9 Å². The zero-order chi connectivity index (χ0) is 17.0. The summed E-state index contributed by atoms with van der Waals surface area (Å²) in [7, 11) is 0. The Kier molecular flexibility index (Phi) is 18.1. The van der Waals surface area contributed by atoms with E-state index in [-0.39, 0.29) is 0 Å². The van der Waals surface area contributed by atoms with Crippen molar-refractivity contribution in [3.8, 4) is 0 Å². The Labute approximate surface area is 142 Å². The lowest BCUT2D eigenvalue weighted by Gasteiger charge is -2.02. The van der Waals surface area contributed by atoms with Crippen LogP contribution in [0.25, 0.3) is 0 Å². The van der Waals surface area contributed by atoms with Gasteiger partial charge in [0.15, 0.2) is 0 Å². The molecule has 0 saturated heterocycles. The van der Waals surface area contributed by atoms with E-state index in [2.05, 4.69) is 0 Å². The average Bonchev–Trinajstić information content (AvgIpc) is 2.53. The summed E-state index contributed by atoms with van der Waals surface area (Å²) in [5.41, 5.74) is 0. The number of aliphatic hydroxyl groups is 1. The van der Waals surface area contributed by atoms with E-state index in [0.29, 0.717) is 6.61 Å². The van der Waals surface area contributed by atoms with Gasteiger partial charge in [0.1, 0.15) is 0 Å². The normalized spacial score (nSPS) is 11.7. The number of hydrogen-bond donors (Lipinski definition) is 2. The minimum Gasteiger partial charge on any atom is -0.478 e. The fourth-order valence-electron chi connectivity index (χ4n) is 2.63. The number of unbranched alkanes of at least 4 members (excludes halogenated alkanes) is 13. The second-order valence-corrected chi connectivity index (χ2v) is 6.23. The Hall–Kier alpha value is -1.09. The summed E-state index contributed by atoms with van der Waals surface area (Å²) in [5, 5.41) is 17.1. The largest absolute Gasteiger partial charge is 0.478 e. The molecule has 0 saturated carbocycles. The number of allylic oxidation sites excluding steroid dienone is 3. The lowest BCUT2D eigenvalue weighted by Crippen LogP contribution is -1.85. The molecule has 0 bridgehead atoms. The summed E-state index contributed by atoms with van der Waals surface area (Å²) in [6.07, 6.45) is 24.4. The van der Waals surface area contributed by atoms with E-state index < -0.39 is 5.97 Å². The van der Waals surface area contributed by atoms with Crippen LogP contribution in [0.4, 0.5) is 0 Å². The summed E-state index contributed by atoms with van der Waals surface area (Å²) >= 11 is 0. The van der Waals surface area contributed by atoms with Crippen LogP contribution in [0.15, 0.2) is 24.3 Å². The highest BCUT2D eigenvalue weighted by Gasteiger charge is 1.93. The van der Waals surface area contributed by atoms with Crippen LogP contribution < -0.4 is 0 Å². The zero-order valence-electron chi connectivity index (χ0n) is 14.7. The van der Waals surface area contributed by atoms with Crippen molar-refractivity contribution in [3.05, 3.63) is 24.3 Å². The van der Waals surface area contributed by atoms with Gasteiger partial charge in [-0.2, -0.15) is 0 Å². The predicted octanol–water partition coefficient (Wildman–Crippen LogP) is 5.64. The first-order valence-corrected chi connectivity index (χ1v) is 9.44. The molecule has 0 unspecified atom stereocenters. The third-order valence-corrected chi connectivity index (χ3v) is 4.01. The number of aliphatic hydroxyl groups excluding tert-OH is 1. The Bertz CT molecular complexity index is 308. The number of aliphatic carboxylic acids is 1. The van der Waals surface area contributed by atoms with Gasteiger partial charge >= 0.3 is 5.97 Å². The van der Waals surface area contributed by atoms with Gasteiger partial charge in [0.25, 0.3) is 0 Å². The van der Waals surface area contributed by atoms with Crippen molar-refractivity contribution in [3.63, 3.8) is 0 Å². The smallest absolute Gasteiger partial charge is 0.328 e. The van der Waals surface area contributed by atoms with E-state index >= 15 is 0 Å². The van der Waals surface area contributed by atoms with E-state index in [9.17, 15) is 4.79 Å². The van der Waals surface area contributed by atoms with E-state index in [0.717, 1.165) is 18.9 Å². The van der Waals surface area contributed by atoms with Crippen LogP contribution >= 0.6 is 0 Å². The van der Waals surface area contributed by atoms with Crippen molar-refractivity contribution in [2.24, 2.45) is 0 Å². The van der Waals surface area contributed by atoms with Crippen molar-refractivity contribution in [1.82, 2.24) is 0 Å². The molecule has 0 rings (SSSR count). The molecule has 0 aliphatic carbocycles. The molecule has 3 heteroatoms. The molecular formula is C20H36O3. The molecule has 0 aromatic rings. The maximum atomic E-state index is 10.2. The van der Waals surface area contributed by atoms with Gasteiger partial charge < -0.3 is 10.2 Å². The fraction of sp³-hybridized carbons (Fsp3) is 0.750. The number of rotatable bonds is 17. The van der Waals surface area contributed by atoms with Gasteiger partial charge in [0, 0.05) is 12.7 Å². The van der Waals surface area contributed by atoms with Crippen LogP contribution in [-0.2, 0) is 4.79 Å². The molecule has 0 radical (unpaired) electrons. The Morgan fingerprint density at radius 3 is 1.52 bits per heavy atom. The predicted molar refractivity (Wildman–Crippen MR) is 97.6 cm³/mol. The van der Waals surface area contributed by atoms with Crippen LogP contribution in [0, 0.1) is 0 Å². The lowest BCUT2D eigenvalue weighted by molar-refractivity contribution is -0.131. The highest BCUT2D eigenvalue weighted by atomic mass is 16.4. The molecule has 134 valence electrons. The third-order valence-electron chi connectivity index (χ3n) is 4.01. The average molecular weight is 325 g/mol. The third kappa shape index (κ3) is 20.9. The quantitative estimate of drug-likeness (QED) is 0.207. The van der Waals surface area contributed by atoms with Gasteiger partial charge in [-0.1, -0.05) is 88.9 Å². The molecule has 0 aromatic carbocycles. The molecular weight excluding hydrogens is 288 g/mol. The molecule has 0 spiro atoms. The van der Waals surface area contributed by atoms with Gasteiger partial charge in [0.05, 0.1) is 0 Å². The monoisotopic (exact) mass is 324 g/mol. The number of carboxylic acids is 1. The van der Waals surface area contributed by atoms with Gasteiger partial charge in [-0.05, 0) is 19.3 Å². The van der Waals surface area contributed by atoms with Crippen molar-refractivity contribution in [2.45, 2.75) is 89.9 Å². The Morgan fingerprint density at radius 2 is 1.09 bits per heavy atom. The SMILES string of the molecule is O=C(O)/C=C/C=C/CCCCCCCCCCCCCCCO. The number of hydrogen-bond acceptors (Lipinski definition) is 2. The summed E-state index contributed by atoms with van der Waals surface area (Å²) in [6.45, 7) is 0.345. The lowest BCUT2D eigenvalue weighted by atomic mass is 10.0. The molecule has 0 aliphatic heterocycles.